The summed E-state index contributed by atoms with van der Waals surface area (Å²) in [6.45, 7) is 0.175. The minimum Gasteiger partial charge on any atom is -0.508 e. The van der Waals surface area contributed by atoms with Gasteiger partial charge in [0, 0.05) is 6.04 Å². The van der Waals surface area contributed by atoms with Gasteiger partial charge in [-0.05, 0) is 84.7 Å². The molecule has 0 aliphatic heterocycles. The number of phenols is 1. The van der Waals surface area contributed by atoms with E-state index in [0.717, 1.165) is 27.8 Å². The van der Waals surface area contributed by atoms with Gasteiger partial charge in [0.2, 0.25) is 5.78 Å². The third-order valence-corrected chi connectivity index (χ3v) is 10.5. The molecule has 7 rings (SSSR count). The van der Waals surface area contributed by atoms with Crippen LogP contribution in [0.1, 0.15) is 64.5 Å². The van der Waals surface area contributed by atoms with E-state index in [1.165, 1.54) is 18.2 Å². The average Bonchev–Trinajstić information content (AvgIpc) is 3.33. The van der Waals surface area contributed by atoms with E-state index in [9.17, 15) is 14.7 Å². The Kier molecular flexibility index (Phi) is 15.2. The highest BCUT2D eigenvalue weighted by Gasteiger charge is 2.31. The molecule has 0 aliphatic carbocycles. The van der Waals surface area contributed by atoms with Crippen molar-refractivity contribution in [3.8, 4) is 23.0 Å². The zero-order valence-electron chi connectivity index (χ0n) is 35.7. The van der Waals surface area contributed by atoms with Gasteiger partial charge in [-0.1, -0.05) is 140 Å². The van der Waals surface area contributed by atoms with Gasteiger partial charge < -0.3 is 33.7 Å². The predicted molar refractivity (Wildman–Crippen MR) is 244 cm³/mol. The molecule has 0 radical (unpaired) electrons. The Morgan fingerprint density at radius 3 is 1.44 bits per heavy atom. The highest BCUT2D eigenvalue weighted by atomic mass is 16.5. The number of ketones is 1. The Bertz CT molecular complexity index is 2550. The van der Waals surface area contributed by atoms with Crippen molar-refractivity contribution in [3.05, 3.63) is 226 Å². The summed E-state index contributed by atoms with van der Waals surface area (Å²) >= 11 is 0. The number of aromatic hydroxyl groups is 1. The second-order valence-corrected chi connectivity index (χ2v) is 15.3. The van der Waals surface area contributed by atoms with Crippen LogP contribution in [0.2, 0.25) is 0 Å². The van der Waals surface area contributed by atoms with Crippen LogP contribution in [0.4, 0.5) is 0 Å². The zero-order valence-corrected chi connectivity index (χ0v) is 35.7. The number of benzene rings is 7. The predicted octanol–water partition coefficient (Wildman–Crippen LogP) is 10.0. The molecule has 0 saturated carbocycles. The number of hydrogen-bond donors (Lipinski definition) is 1. The Balaban J connectivity index is 1.31. The fraction of sp³-hybridized carbons (Fsp3) is 0.167. The van der Waals surface area contributed by atoms with E-state index >= 15 is 4.79 Å². The number of phenolic OH excluding ortho intramolecular Hbond substituents is 1. The van der Waals surface area contributed by atoms with Crippen molar-refractivity contribution in [1.82, 2.24) is 4.90 Å². The lowest BCUT2D eigenvalue weighted by Gasteiger charge is -2.24. The summed E-state index contributed by atoms with van der Waals surface area (Å²) in [6.07, 6.45) is 0.548. The second kappa shape index (κ2) is 21.9. The number of nitrogens with zero attached hydrogens (tertiary/aromatic N) is 1. The highest BCUT2D eigenvalue weighted by molar-refractivity contribution is 6.19. The Labute approximate surface area is 373 Å². The van der Waals surface area contributed by atoms with Gasteiger partial charge in [-0.3, -0.25) is 4.79 Å². The van der Waals surface area contributed by atoms with Gasteiger partial charge in [-0.25, -0.2) is 9.59 Å². The maximum Gasteiger partial charge on any atom is 0.339 e. The van der Waals surface area contributed by atoms with Gasteiger partial charge in [0.1, 0.15) is 61.6 Å². The zero-order chi connectivity index (χ0) is 44.7. The largest absolute Gasteiger partial charge is 0.508 e. The van der Waals surface area contributed by atoms with E-state index < -0.39 is 17.7 Å². The number of carbonyl (C=O) groups excluding carboxylic acids is 3. The van der Waals surface area contributed by atoms with Crippen molar-refractivity contribution in [2.45, 2.75) is 38.9 Å². The highest BCUT2D eigenvalue weighted by Crippen LogP contribution is 2.38. The van der Waals surface area contributed by atoms with Gasteiger partial charge in [-0.2, -0.15) is 0 Å². The summed E-state index contributed by atoms with van der Waals surface area (Å²) in [5.74, 6) is -1.69. The molecule has 0 aliphatic rings. The Morgan fingerprint density at radius 2 is 0.953 bits per heavy atom. The summed E-state index contributed by atoms with van der Waals surface area (Å²) in [4.78, 5) is 45.7. The molecule has 64 heavy (non-hydrogen) atoms. The van der Waals surface area contributed by atoms with Crippen LogP contribution in [0.3, 0.4) is 0 Å². The van der Waals surface area contributed by atoms with Crippen LogP contribution in [0, 0.1) is 0 Å². The summed E-state index contributed by atoms with van der Waals surface area (Å²) in [5.41, 5.74) is 4.15. The third-order valence-electron chi connectivity index (χ3n) is 10.5. The van der Waals surface area contributed by atoms with Crippen LogP contribution in [0.25, 0.3) is 0 Å². The molecule has 0 saturated heterocycles. The van der Waals surface area contributed by atoms with Crippen molar-refractivity contribution in [2.75, 3.05) is 20.7 Å². The number of carbonyl (C=O) groups is 3. The van der Waals surface area contributed by atoms with Crippen LogP contribution in [0.5, 0.6) is 23.0 Å². The first-order chi connectivity index (χ1) is 31.2. The lowest BCUT2D eigenvalue weighted by atomic mass is 9.94. The molecule has 1 unspecified atom stereocenters. The molecule has 0 fully saturated rings. The summed E-state index contributed by atoms with van der Waals surface area (Å²) in [7, 11) is 3.80. The number of esters is 2. The molecular formula is C54H49NO9. The van der Waals surface area contributed by atoms with Gasteiger partial charge in [0.15, 0.2) is 0 Å². The van der Waals surface area contributed by atoms with E-state index in [2.05, 4.69) is 0 Å². The van der Waals surface area contributed by atoms with E-state index in [4.69, 9.17) is 23.7 Å². The maximum atomic E-state index is 15.5. The first kappa shape index (κ1) is 44.4. The quantitative estimate of drug-likeness (QED) is 0.0586. The normalized spacial score (nSPS) is 11.4. The number of hydrogen-bond acceptors (Lipinski definition) is 10. The van der Waals surface area contributed by atoms with Gasteiger partial charge in [0.05, 0.1) is 16.7 Å². The molecule has 1 atom stereocenters. The van der Waals surface area contributed by atoms with Crippen molar-refractivity contribution in [1.29, 1.82) is 0 Å². The topological polar surface area (TPSA) is 121 Å². The number of likely N-dealkylation sites (N-methyl/N-ethyl adjacent to an activating group) is 1. The van der Waals surface area contributed by atoms with Gasteiger partial charge >= 0.3 is 11.9 Å². The van der Waals surface area contributed by atoms with E-state index in [-0.39, 0.29) is 84.3 Å². The molecule has 1 N–H and O–H groups in total. The van der Waals surface area contributed by atoms with Crippen LogP contribution >= 0.6 is 0 Å². The monoisotopic (exact) mass is 855 g/mol. The Morgan fingerprint density at radius 1 is 0.484 bits per heavy atom. The first-order valence-corrected chi connectivity index (χ1v) is 20.9. The standard InChI is InChI=1S/C54H49NO9/c1-55(2)44(30-38-26-28-45(56)29-27-38)37-64-53(58)43-31-48(61-34-40-18-9-4-10-19-40)51(49(32-43)62-35-41-20-11-5-12-21-41)52(57)50-46(54(59)63-36-42-22-13-6-14-23-42)24-15-25-47(50)60-33-39-16-7-3-8-17-39/h3-29,31-32,44,56H,30,33-37H2,1-2H3. The fourth-order valence-corrected chi connectivity index (χ4v) is 6.90. The number of rotatable bonds is 20. The van der Waals surface area contributed by atoms with E-state index in [1.54, 1.807) is 24.3 Å². The molecule has 10 heteroatoms. The molecular weight excluding hydrogens is 807 g/mol. The van der Waals surface area contributed by atoms with Gasteiger partial charge in [0.25, 0.3) is 0 Å². The minimum absolute atomic E-state index is 0.0265. The molecule has 10 nitrogen and oxygen atoms in total. The summed E-state index contributed by atoms with van der Waals surface area (Å²) < 4.78 is 31.1. The molecule has 0 amide bonds. The SMILES string of the molecule is CN(C)C(COC(=O)c1cc(OCc2ccccc2)c(C(=O)c2c(OCc3ccccc3)cccc2C(=O)OCc2ccccc2)c(OCc2ccccc2)c1)Cc1ccc(O)cc1. The van der Waals surface area contributed by atoms with E-state index in [0.29, 0.717) is 6.42 Å². The van der Waals surface area contributed by atoms with Crippen molar-refractivity contribution < 1.29 is 43.2 Å². The van der Waals surface area contributed by atoms with Crippen molar-refractivity contribution in [2.24, 2.45) is 0 Å². The molecule has 0 aromatic heterocycles. The van der Waals surface area contributed by atoms with Crippen molar-refractivity contribution >= 4 is 17.7 Å². The summed E-state index contributed by atoms with van der Waals surface area (Å²) in [6, 6.07) is 52.0. The molecule has 7 aromatic rings. The van der Waals surface area contributed by atoms with Crippen LogP contribution in [-0.4, -0.2) is 54.5 Å². The molecule has 7 aromatic carbocycles. The smallest absolute Gasteiger partial charge is 0.339 e. The van der Waals surface area contributed by atoms with E-state index in [1.807, 2.05) is 152 Å². The fourth-order valence-electron chi connectivity index (χ4n) is 6.90. The third kappa shape index (κ3) is 12.0. The molecule has 0 spiro atoms. The first-order valence-electron chi connectivity index (χ1n) is 20.9. The van der Waals surface area contributed by atoms with Gasteiger partial charge in [-0.15, -0.1) is 0 Å². The average molecular weight is 856 g/mol. The lowest BCUT2D eigenvalue weighted by molar-refractivity contribution is 0.0398. The summed E-state index contributed by atoms with van der Waals surface area (Å²) in [5, 5.41) is 9.80. The minimum atomic E-state index is -0.737. The molecule has 0 heterocycles. The van der Waals surface area contributed by atoms with Crippen LogP contribution < -0.4 is 14.2 Å². The maximum absolute atomic E-state index is 15.5. The molecule has 0 bridgehead atoms. The Hall–Kier alpha value is -7.69. The van der Waals surface area contributed by atoms with Crippen LogP contribution in [0.15, 0.2) is 176 Å². The van der Waals surface area contributed by atoms with Crippen LogP contribution in [-0.2, 0) is 42.3 Å². The number of ether oxygens (including phenoxy) is 5. The van der Waals surface area contributed by atoms with Crippen molar-refractivity contribution in [3.63, 3.8) is 0 Å². The second-order valence-electron chi connectivity index (χ2n) is 15.3. The lowest BCUT2D eigenvalue weighted by Crippen LogP contribution is -2.35. The molecule has 324 valence electrons.